The van der Waals surface area contributed by atoms with Crippen molar-refractivity contribution >= 4 is 22.2 Å². The second-order valence-corrected chi connectivity index (χ2v) is 8.41. The third-order valence-electron chi connectivity index (χ3n) is 5.64. The Morgan fingerprint density at radius 2 is 1.83 bits per heavy atom. The first-order valence-corrected chi connectivity index (χ1v) is 11.0. The van der Waals surface area contributed by atoms with Crippen LogP contribution in [0.2, 0.25) is 0 Å². The van der Waals surface area contributed by atoms with Crippen molar-refractivity contribution in [2.45, 2.75) is 39.7 Å². The number of amides is 1. The summed E-state index contributed by atoms with van der Waals surface area (Å²) in [5.74, 6) is 1.01. The molecule has 3 heterocycles. The summed E-state index contributed by atoms with van der Waals surface area (Å²) >= 11 is 1.49. The summed E-state index contributed by atoms with van der Waals surface area (Å²) < 4.78 is 1.55. The standard InChI is InChI=1S/C21H27N5O2S/c1-4-15-6-8-16(9-7-15)18(25-12-10-24(11-13-25)14(3)27)19-20(28)26-21(29-19)22-17(5-2)23-26/h6-9,18,28H,4-5,10-13H2,1-3H3/t18-/m0/s1. The van der Waals surface area contributed by atoms with Crippen LogP contribution in [0.5, 0.6) is 5.88 Å². The Balaban J connectivity index is 1.73. The molecule has 7 nitrogen and oxygen atoms in total. The highest BCUT2D eigenvalue weighted by Gasteiger charge is 2.32. The highest BCUT2D eigenvalue weighted by Crippen LogP contribution is 2.40. The van der Waals surface area contributed by atoms with Crippen molar-refractivity contribution in [1.29, 1.82) is 0 Å². The molecule has 0 aliphatic carbocycles. The number of aromatic hydroxyl groups is 1. The fourth-order valence-electron chi connectivity index (χ4n) is 3.88. The van der Waals surface area contributed by atoms with Crippen LogP contribution in [-0.2, 0) is 17.6 Å². The summed E-state index contributed by atoms with van der Waals surface area (Å²) in [6, 6.07) is 8.50. The number of hydrogen-bond acceptors (Lipinski definition) is 6. The maximum atomic E-state index is 11.7. The van der Waals surface area contributed by atoms with E-state index in [-0.39, 0.29) is 17.8 Å². The predicted molar refractivity (Wildman–Crippen MR) is 113 cm³/mol. The van der Waals surface area contributed by atoms with Crippen LogP contribution in [-0.4, -0.2) is 61.6 Å². The van der Waals surface area contributed by atoms with Gasteiger partial charge in [0.25, 0.3) is 0 Å². The van der Waals surface area contributed by atoms with Crippen LogP contribution in [0.4, 0.5) is 0 Å². The van der Waals surface area contributed by atoms with Crippen molar-refractivity contribution in [3.63, 3.8) is 0 Å². The molecule has 1 aliphatic rings. The smallest absolute Gasteiger partial charge is 0.230 e. The molecule has 29 heavy (non-hydrogen) atoms. The molecule has 1 fully saturated rings. The molecule has 2 aromatic heterocycles. The van der Waals surface area contributed by atoms with Crippen LogP contribution in [0.25, 0.3) is 4.96 Å². The molecular weight excluding hydrogens is 386 g/mol. The van der Waals surface area contributed by atoms with Crippen LogP contribution in [0.15, 0.2) is 24.3 Å². The molecule has 1 aliphatic heterocycles. The molecule has 4 rings (SSSR count). The number of nitrogens with zero attached hydrogens (tertiary/aromatic N) is 5. The van der Waals surface area contributed by atoms with Crippen molar-refractivity contribution in [2.75, 3.05) is 26.2 Å². The number of fused-ring (bicyclic) bond motifs is 1. The number of piperazine rings is 1. The maximum Gasteiger partial charge on any atom is 0.230 e. The van der Waals surface area contributed by atoms with E-state index in [9.17, 15) is 9.90 Å². The summed E-state index contributed by atoms with van der Waals surface area (Å²) in [5, 5.41) is 15.4. The van der Waals surface area contributed by atoms with E-state index in [1.165, 1.54) is 16.9 Å². The van der Waals surface area contributed by atoms with Gasteiger partial charge in [-0.25, -0.2) is 4.98 Å². The Morgan fingerprint density at radius 3 is 2.38 bits per heavy atom. The Labute approximate surface area is 174 Å². The van der Waals surface area contributed by atoms with E-state index in [4.69, 9.17) is 0 Å². The van der Waals surface area contributed by atoms with Gasteiger partial charge in [-0.2, -0.15) is 4.52 Å². The van der Waals surface area contributed by atoms with Gasteiger partial charge in [0.05, 0.1) is 10.9 Å². The molecule has 1 N–H and O–H groups in total. The molecule has 3 aromatic rings. The predicted octanol–water partition coefficient (Wildman–Crippen LogP) is 2.87. The van der Waals surface area contributed by atoms with E-state index < -0.39 is 0 Å². The minimum Gasteiger partial charge on any atom is -0.492 e. The molecule has 1 aromatic carbocycles. The Bertz CT molecular complexity index is 1000. The van der Waals surface area contributed by atoms with Gasteiger partial charge < -0.3 is 10.0 Å². The fraction of sp³-hybridized carbons (Fsp3) is 0.476. The summed E-state index contributed by atoms with van der Waals surface area (Å²) in [6.45, 7) is 8.67. The third kappa shape index (κ3) is 3.74. The molecule has 8 heteroatoms. The van der Waals surface area contributed by atoms with Crippen LogP contribution in [0.3, 0.4) is 0 Å². The number of hydrogen-bond donors (Lipinski definition) is 1. The van der Waals surface area contributed by atoms with E-state index >= 15 is 0 Å². The topological polar surface area (TPSA) is 74.0 Å². The van der Waals surface area contributed by atoms with Gasteiger partial charge in [0.15, 0.2) is 5.82 Å². The third-order valence-corrected chi connectivity index (χ3v) is 6.71. The molecule has 1 amide bonds. The number of rotatable bonds is 5. The summed E-state index contributed by atoms with van der Waals surface area (Å²) in [5.41, 5.74) is 2.42. The van der Waals surface area contributed by atoms with Crippen molar-refractivity contribution < 1.29 is 9.90 Å². The lowest BCUT2D eigenvalue weighted by Gasteiger charge is -2.38. The van der Waals surface area contributed by atoms with Crippen molar-refractivity contribution in [2.24, 2.45) is 0 Å². The van der Waals surface area contributed by atoms with Gasteiger partial charge in [-0.1, -0.05) is 49.4 Å². The van der Waals surface area contributed by atoms with Gasteiger partial charge in [-0.15, -0.1) is 5.10 Å². The van der Waals surface area contributed by atoms with E-state index in [0.29, 0.717) is 18.1 Å². The van der Waals surface area contributed by atoms with Crippen LogP contribution >= 0.6 is 11.3 Å². The highest BCUT2D eigenvalue weighted by molar-refractivity contribution is 7.17. The highest BCUT2D eigenvalue weighted by atomic mass is 32.1. The quantitative estimate of drug-likeness (QED) is 0.696. The van der Waals surface area contributed by atoms with Gasteiger partial charge in [0, 0.05) is 39.5 Å². The number of aromatic nitrogens is 3. The maximum absolute atomic E-state index is 11.7. The van der Waals surface area contributed by atoms with Gasteiger partial charge in [0.2, 0.25) is 16.7 Å². The number of benzene rings is 1. The van der Waals surface area contributed by atoms with E-state index in [0.717, 1.165) is 42.2 Å². The SMILES string of the molecule is CCc1ccc([C@@H](c2sc3nc(CC)nn3c2O)N2CCN(C(C)=O)CC2)cc1. The monoisotopic (exact) mass is 413 g/mol. The molecule has 0 saturated carbocycles. The number of aryl methyl sites for hydroxylation is 2. The molecule has 1 atom stereocenters. The second-order valence-electron chi connectivity index (χ2n) is 7.41. The summed E-state index contributed by atoms with van der Waals surface area (Å²) in [4.78, 5) is 22.1. The van der Waals surface area contributed by atoms with Crippen molar-refractivity contribution in [1.82, 2.24) is 24.4 Å². The molecule has 0 bridgehead atoms. The zero-order chi connectivity index (χ0) is 20.5. The van der Waals surface area contributed by atoms with E-state index in [1.807, 2.05) is 11.8 Å². The van der Waals surface area contributed by atoms with Crippen molar-refractivity contribution in [3.05, 3.63) is 46.1 Å². The van der Waals surface area contributed by atoms with Gasteiger partial charge in [0.1, 0.15) is 0 Å². The minimum atomic E-state index is -0.0893. The lowest BCUT2D eigenvalue weighted by molar-refractivity contribution is -0.130. The van der Waals surface area contributed by atoms with E-state index in [2.05, 4.69) is 46.2 Å². The number of carbonyl (C=O) groups excluding carboxylic acids is 1. The zero-order valence-corrected chi connectivity index (χ0v) is 17.9. The molecule has 154 valence electrons. The zero-order valence-electron chi connectivity index (χ0n) is 17.1. The Kier molecular flexibility index (Phi) is 5.56. The summed E-state index contributed by atoms with van der Waals surface area (Å²) in [6.07, 6.45) is 1.72. The average molecular weight is 414 g/mol. The lowest BCUT2D eigenvalue weighted by Crippen LogP contribution is -2.49. The molecule has 0 spiro atoms. The molecule has 0 radical (unpaired) electrons. The Hall–Kier alpha value is -2.45. The first-order chi connectivity index (χ1) is 14.0. The molecule has 0 unspecified atom stereocenters. The van der Waals surface area contributed by atoms with Gasteiger partial charge >= 0.3 is 0 Å². The molecule has 1 saturated heterocycles. The fourth-order valence-corrected chi connectivity index (χ4v) is 5.01. The summed E-state index contributed by atoms with van der Waals surface area (Å²) in [7, 11) is 0. The first kappa shape index (κ1) is 19.8. The minimum absolute atomic E-state index is 0.0893. The largest absolute Gasteiger partial charge is 0.492 e. The van der Waals surface area contributed by atoms with Crippen LogP contribution < -0.4 is 0 Å². The first-order valence-electron chi connectivity index (χ1n) is 10.2. The van der Waals surface area contributed by atoms with Gasteiger partial charge in [-0.05, 0) is 17.5 Å². The molecular formula is C21H27N5O2S. The average Bonchev–Trinajstić information content (AvgIpc) is 3.28. The lowest BCUT2D eigenvalue weighted by atomic mass is 10.0. The second kappa shape index (κ2) is 8.12. The number of thiazole rings is 1. The van der Waals surface area contributed by atoms with Crippen LogP contribution in [0.1, 0.15) is 48.6 Å². The van der Waals surface area contributed by atoms with Crippen LogP contribution in [0, 0.1) is 0 Å². The van der Waals surface area contributed by atoms with Gasteiger partial charge in [-0.3, -0.25) is 9.69 Å². The van der Waals surface area contributed by atoms with Crippen molar-refractivity contribution in [3.8, 4) is 5.88 Å². The Morgan fingerprint density at radius 1 is 1.14 bits per heavy atom. The number of carbonyl (C=O) groups is 1. The van der Waals surface area contributed by atoms with E-state index in [1.54, 1.807) is 11.4 Å². The normalized spacial score (nSPS) is 16.4.